The van der Waals surface area contributed by atoms with Crippen LogP contribution in [-0.4, -0.2) is 49.0 Å². The molecule has 22 heavy (non-hydrogen) atoms. The van der Waals surface area contributed by atoms with Crippen molar-refractivity contribution in [3.05, 3.63) is 12.7 Å². The minimum Gasteiger partial charge on any atom is -0.387 e. The lowest BCUT2D eigenvalue weighted by atomic mass is 9.93. The lowest BCUT2D eigenvalue weighted by molar-refractivity contribution is -0.0339. The van der Waals surface area contributed by atoms with Gasteiger partial charge in [0.25, 0.3) is 0 Å². The molecule has 3 unspecified atom stereocenters. The highest BCUT2D eigenvalue weighted by Crippen LogP contribution is 2.39. The third-order valence-electron chi connectivity index (χ3n) is 4.60. The Morgan fingerprint density at radius 3 is 2.86 bits per heavy atom. The van der Waals surface area contributed by atoms with Crippen LogP contribution in [0.3, 0.4) is 0 Å². The molecule has 3 atom stereocenters. The van der Waals surface area contributed by atoms with E-state index in [0.717, 1.165) is 12.8 Å². The molecule has 2 aliphatic rings. The number of anilines is 1. The highest BCUT2D eigenvalue weighted by atomic mass is 19.1. The minimum atomic E-state index is -1.89. The number of rotatable bonds is 3. The minimum absolute atomic E-state index is 0.0460. The predicted molar refractivity (Wildman–Crippen MR) is 77.1 cm³/mol. The van der Waals surface area contributed by atoms with Crippen LogP contribution in [0.5, 0.6) is 0 Å². The molecule has 0 bridgehead atoms. The average Bonchev–Trinajstić information content (AvgIpc) is 2.97. The van der Waals surface area contributed by atoms with E-state index in [2.05, 4.69) is 20.3 Å². The number of fused-ring (bicyclic) bond motifs is 1. The number of aromatic nitrogens is 4. The largest absolute Gasteiger partial charge is 0.387 e. The van der Waals surface area contributed by atoms with E-state index >= 15 is 0 Å². The Kier molecular flexibility index (Phi) is 3.05. The quantitative estimate of drug-likeness (QED) is 0.892. The second-order valence-electron chi connectivity index (χ2n) is 6.17. The monoisotopic (exact) mass is 307 g/mol. The van der Waals surface area contributed by atoms with Crippen LogP contribution in [0.2, 0.25) is 0 Å². The lowest BCUT2D eigenvalue weighted by Gasteiger charge is -2.27. The molecule has 2 aromatic rings. The van der Waals surface area contributed by atoms with Crippen LogP contribution in [0.1, 0.15) is 32.4 Å². The number of hydrogen-bond acceptors (Lipinski definition) is 6. The molecule has 8 heteroatoms. The number of aliphatic hydroxyl groups excluding tert-OH is 1. The zero-order valence-corrected chi connectivity index (χ0v) is 12.2. The molecule has 0 radical (unpaired) electrons. The molecule has 2 aromatic heterocycles. The fourth-order valence-electron chi connectivity index (χ4n) is 2.90. The van der Waals surface area contributed by atoms with E-state index in [-0.39, 0.29) is 6.61 Å². The smallest absolute Gasteiger partial charge is 0.180 e. The Labute approximate surface area is 126 Å². The van der Waals surface area contributed by atoms with Crippen LogP contribution < -0.4 is 5.32 Å². The van der Waals surface area contributed by atoms with Crippen molar-refractivity contribution in [2.45, 2.75) is 50.2 Å². The van der Waals surface area contributed by atoms with Gasteiger partial charge in [-0.05, 0) is 26.2 Å². The molecule has 0 aromatic carbocycles. The van der Waals surface area contributed by atoms with Gasteiger partial charge in [-0.2, -0.15) is 0 Å². The van der Waals surface area contributed by atoms with Crippen molar-refractivity contribution in [1.82, 2.24) is 19.5 Å². The molecule has 0 amide bonds. The van der Waals surface area contributed by atoms with E-state index in [1.165, 1.54) is 30.6 Å². The summed E-state index contributed by atoms with van der Waals surface area (Å²) in [5, 5.41) is 13.1. The maximum Gasteiger partial charge on any atom is 0.180 e. The molecule has 118 valence electrons. The number of nitrogens with zero attached hydrogens (tertiary/aromatic N) is 4. The topological polar surface area (TPSA) is 85.1 Å². The molecule has 2 N–H and O–H groups in total. The SMILES string of the molecule is CC1(F)C(O)COC1n1cnc2c(NC3CCC3)ncnc21. The first-order chi connectivity index (χ1) is 10.6. The summed E-state index contributed by atoms with van der Waals surface area (Å²) in [6.45, 7) is 1.28. The summed E-state index contributed by atoms with van der Waals surface area (Å²) in [6, 6.07) is 0.416. The van der Waals surface area contributed by atoms with Gasteiger partial charge in [-0.1, -0.05) is 0 Å². The zero-order chi connectivity index (χ0) is 15.3. The van der Waals surface area contributed by atoms with Crippen LogP contribution in [0, 0.1) is 0 Å². The Balaban J connectivity index is 1.72. The van der Waals surface area contributed by atoms with Gasteiger partial charge in [0.2, 0.25) is 0 Å². The van der Waals surface area contributed by atoms with Gasteiger partial charge in [-0.15, -0.1) is 0 Å². The molecule has 7 nitrogen and oxygen atoms in total. The van der Waals surface area contributed by atoms with Gasteiger partial charge in [-0.25, -0.2) is 19.3 Å². The summed E-state index contributed by atoms with van der Waals surface area (Å²) in [5.74, 6) is 0.660. The van der Waals surface area contributed by atoms with Crippen LogP contribution in [0.25, 0.3) is 11.2 Å². The van der Waals surface area contributed by atoms with Crippen molar-refractivity contribution in [1.29, 1.82) is 0 Å². The number of ether oxygens (including phenoxy) is 1. The summed E-state index contributed by atoms with van der Waals surface area (Å²) in [5.41, 5.74) is -0.796. The maximum absolute atomic E-state index is 14.7. The maximum atomic E-state index is 14.7. The Hall–Kier alpha value is -1.80. The van der Waals surface area contributed by atoms with Gasteiger partial charge in [0.15, 0.2) is 28.9 Å². The predicted octanol–water partition coefficient (Wildman–Crippen LogP) is 1.41. The molecule has 1 saturated carbocycles. The highest BCUT2D eigenvalue weighted by Gasteiger charge is 2.50. The fraction of sp³-hybridized carbons (Fsp3) is 0.643. The van der Waals surface area contributed by atoms with Crippen LogP contribution >= 0.6 is 0 Å². The highest BCUT2D eigenvalue weighted by molar-refractivity contribution is 5.82. The van der Waals surface area contributed by atoms with E-state index in [1.54, 1.807) is 0 Å². The van der Waals surface area contributed by atoms with E-state index in [9.17, 15) is 9.50 Å². The zero-order valence-electron chi connectivity index (χ0n) is 12.2. The number of halogens is 1. The Morgan fingerprint density at radius 2 is 2.23 bits per heavy atom. The molecule has 4 rings (SSSR count). The van der Waals surface area contributed by atoms with Gasteiger partial charge >= 0.3 is 0 Å². The van der Waals surface area contributed by atoms with Crippen molar-refractivity contribution in [3.63, 3.8) is 0 Å². The van der Waals surface area contributed by atoms with E-state index in [4.69, 9.17) is 4.74 Å². The molecular formula is C14H18FN5O2. The van der Waals surface area contributed by atoms with E-state index in [0.29, 0.717) is 23.0 Å². The molecule has 1 aliphatic heterocycles. The van der Waals surface area contributed by atoms with Crippen LogP contribution in [0.4, 0.5) is 10.2 Å². The fourth-order valence-corrected chi connectivity index (χ4v) is 2.90. The molecule has 1 aliphatic carbocycles. The molecule has 1 saturated heterocycles. The number of alkyl halides is 1. The number of hydrogen-bond donors (Lipinski definition) is 2. The molecule has 0 spiro atoms. The van der Waals surface area contributed by atoms with E-state index in [1.807, 2.05) is 0 Å². The molecular weight excluding hydrogens is 289 g/mol. The van der Waals surface area contributed by atoms with Crippen molar-refractivity contribution in [3.8, 4) is 0 Å². The van der Waals surface area contributed by atoms with Crippen molar-refractivity contribution in [2.24, 2.45) is 0 Å². The van der Waals surface area contributed by atoms with Gasteiger partial charge in [0.05, 0.1) is 12.9 Å². The molecule has 3 heterocycles. The first-order valence-electron chi connectivity index (χ1n) is 7.50. The Bertz CT molecular complexity index is 700. The van der Waals surface area contributed by atoms with Crippen molar-refractivity contribution in [2.75, 3.05) is 11.9 Å². The van der Waals surface area contributed by atoms with Gasteiger partial charge in [0, 0.05) is 6.04 Å². The summed E-state index contributed by atoms with van der Waals surface area (Å²) < 4.78 is 21.6. The second-order valence-corrected chi connectivity index (χ2v) is 6.17. The van der Waals surface area contributed by atoms with Crippen molar-refractivity contribution < 1.29 is 14.2 Å². The lowest BCUT2D eigenvalue weighted by Crippen LogP contribution is -2.37. The summed E-state index contributed by atoms with van der Waals surface area (Å²) in [7, 11) is 0. The first-order valence-corrected chi connectivity index (χ1v) is 7.50. The Morgan fingerprint density at radius 1 is 1.41 bits per heavy atom. The number of imidazole rings is 1. The first kappa shape index (κ1) is 13.8. The summed E-state index contributed by atoms with van der Waals surface area (Å²) in [6.07, 6.45) is 4.27. The average molecular weight is 307 g/mol. The summed E-state index contributed by atoms with van der Waals surface area (Å²) >= 11 is 0. The van der Waals surface area contributed by atoms with E-state index < -0.39 is 18.0 Å². The number of nitrogens with one attached hydrogen (secondary N) is 1. The normalized spacial score (nSPS) is 32.3. The van der Waals surface area contributed by atoms with Crippen molar-refractivity contribution >= 4 is 17.0 Å². The number of aliphatic hydroxyl groups is 1. The summed E-state index contributed by atoms with van der Waals surface area (Å²) in [4.78, 5) is 12.8. The van der Waals surface area contributed by atoms with Gasteiger partial charge < -0.3 is 15.2 Å². The van der Waals surface area contributed by atoms with Gasteiger partial charge in [-0.3, -0.25) is 4.57 Å². The van der Waals surface area contributed by atoms with Crippen LogP contribution in [0.15, 0.2) is 12.7 Å². The van der Waals surface area contributed by atoms with Gasteiger partial charge in [0.1, 0.15) is 12.4 Å². The second kappa shape index (κ2) is 4.85. The third-order valence-corrected chi connectivity index (χ3v) is 4.60. The third kappa shape index (κ3) is 1.98. The standard InChI is InChI=1S/C14H18FN5O2/c1-14(15)9(21)5-22-13(14)20-7-18-10-11(16-6-17-12(10)20)19-8-3-2-4-8/h6-9,13,21H,2-5H2,1H3,(H,16,17,19). The molecule has 2 fully saturated rings. The van der Waals surface area contributed by atoms with Crippen LogP contribution in [-0.2, 0) is 4.74 Å².